The van der Waals surface area contributed by atoms with Crippen LogP contribution >= 0.6 is 0 Å². The Bertz CT molecular complexity index is 530. The molecule has 0 saturated carbocycles. The van der Waals surface area contributed by atoms with Gasteiger partial charge in [0.05, 0.1) is 0 Å². The largest absolute Gasteiger partial charge is 0.311 e. The summed E-state index contributed by atoms with van der Waals surface area (Å²) >= 11 is 0. The van der Waals surface area contributed by atoms with Crippen molar-refractivity contribution in [3.63, 3.8) is 0 Å². The third-order valence-corrected chi connectivity index (χ3v) is 3.04. The monoisotopic (exact) mass is 293 g/mol. The topological polar surface area (TPSA) is 3.24 Å². The van der Waals surface area contributed by atoms with E-state index in [1.165, 1.54) is 17.1 Å². The quantitative estimate of drug-likeness (QED) is 0.649. The maximum Gasteiger partial charge on any atom is 0.0461 e. The SMILES string of the molecule is C.[SiH4].c1ccc(N(c2ccccc2)c2ccccc2)cc1. The predicted molar refractivity (Wildman–Crippen MR) is 99.2 cm³/mol. The molecule has 0 aliphatic rings. The molecule has 0 aliphatic heterocycles. The molecule has 3 aromatic rings. The lowest BCUT2D eigenvalue weighted by Crippen LogP contribution is -2.09. The van der Waals surface area contributed by atoms with Gasteiger partial charge >= 0.3 is 0 Å². The van der Waals surface area contributed by atoms with Crippen LogP contribution in [0.25, 0.3) is 0 Å². The van der Waals surface area contributed by atoms with Crippen LogP contribution in [0.3, 0.4) is 0 Å². The summed E-state index contributed by atoms with van der Waals surface area (Å²) in [4.78, 5) is 2.25. The van der Waals surface area contributed by atoms with Crippen molar-refractivity contribution in [2.24, 2.45) is 0 Å². The number of para-hydroxylation sites is 3. The lowest BCUT2D eigenvalue weighted by atomic mass is 10.2. The molecule has 0 spiro atoms. The number of nitrogens with zero attached hydrogens (tertiary/aromatic N) is 1. The first-order valence-electron chi connectivity index (χ1n) is 6.40. The lowest BCUT2D eigenvalue weighted by Gasteiger charge is -2.25. The summed E-state index contributed by atoms with van der Waals surface area (Å²) in [5, 5.41) is 0. The highest BCUT2D eigenvalue weighted by Gasteiger charge is 2.10. The highest BCUT2D eigenvalue weighted by atomic mass is 28.1. The van der Waals surface area contributed by atoms with E-state index in [1.54, 1.807) is 0 Å². The Labute approximate surface area is 131 Å². The second kappa shape index (κ2) is 8.07. The van der Waals surface area contributed by atoms with E-state index in [9.17, 15) is 0 Å². The molecular weight excluding hydrogens is 270 g/mol. The first-order valence-corrected chi connectivity index (χ1v) is 6.40. The summed E-state index contributed by atoms with van der Waals surface area (Å²) in [6.07, 6.45) is 0. The van der Waals surface area contributed by atoms with Crippen LogP contribution in [-0.4, -0.2) is 11.0 Å². The van der Waals surface area contributed by atoms with Crippen LogP contribution in [0.2, 0.25) is 0 Å². The zero-order valence-electron chi connectivity index (χ0n) is 10.6. The molecule has 0 N–H and O–H groups in total. The summed E-state index contributed by atoms with van der Waals surface area (Å²) in [7, 11) is 0. The number of anilines is 3. The zero-order chi connectivity index (χ0) is 12.9. The molecule has 21 heavy (non-hydrogen) atoms. The van der Waals surface area contributed by atoms with Crippen LogP contribution in [0, 0.1) is 0 Å². The van der Waals surface area contributed by atoms with Gasteiger partial charge in [-0.15, -0.1) is 0 Å². The predicted octanol–water partition coefficient (Wildman–Crippen LogP) is 4.34. The van der Waals surface area contributed by atoms with Crippen molar-refractivity contribution in [2.45, 2.75) is 7.43 Å². The van der Waals surface area contributed by atoms with Gasteiger partial charge in [0.25, 0.3) is 0 Å². The van der Waals surface area contributed by atoms with E-state index in [1.807, 2.05) is 18.2 Å². The molecule has 0 bridgehead atoms. The van der Waals surface area contributed by atoms with Gasteiger partial charge in [-0.2, -0.15) is 0 Å². The van der Waals surface area contributed by atoms with Crippen LogP contribution in [0.4, 0.5) is 17.1 Å². The Morgan fingerprint density at radius 2 is 0.667 bits per heavy atom. The Kier molecular flexibility index (Phi) is 6.43. The lowest BCUT2D eigenvalue weighted by molar-refractivity contribution is 1.28. The normalized spacial score (nSPS) is 9.14. The molecule has 0 fully saturated rings. The summed E-state index contributed by atoms with van der Waals surface area (Å²) in [5.41, 5.74) is 3.50. The highest BCUT2D eigenvalue weighted by molar-refractivity contribution is 5.76. The molecule has 1 nitrogen and oxygen atoms in total. The number of rotatable bonds is 3. The van der Waals surface area contributed by atoms with Gasteiger partial charge in [-0.25, -0.2) is 0 Å². The summed E-state index contributed by atoms with van der Waals surface area (Å²) < 4.78 is 0. The molecule has 3 rings (SSSR count). The van der Waals surface area contributed by atoms with E-state index in [-0.39, 0.29) is 18.4 Å². The second-order valence-corrected chi connectivity index (χ2v) is 4.34. The molecule has 0 aromatic heterocycles. The summed E-state index contributed by atoms with van der Waals surface area (Å²) in [5.74, 6) is 0. The Balaban J connectivity index is 0.00000110. The van der Waals surface area contributed by atoms with Crippen LogP contribution in [-0.2, 0) is 0 Å². The van der Waals surface area contributed by atoms with Crippen molar-refractivity contribution in [3.8, 4) is 0 Å². The van der Waals surface area contributed by atoms with Crippen LogP contribution in [0.1, 0.15) is 7.43 Å². The maximum atomic E-state index is 2.25. The zero-order valence-corrected chi connectivity index (χ0v) is 10.6. The molecule has 2 heteroatoms. The van der Waals surface area contributed by atoms with Gasteiger partial charge in [0.15, 0.2) is 0 Å². The Morgan fingerprint density at radius 3 is 0.905 bits per heavy atom. The smallest absolute Gasteiger partial charge is 0.0461 e. The van der Waals surface area contributed by atoms with Crippen molar-refractivity contribution >= 4 is 28.0 Å². The van der Waals surface area contributed by atoms with Crippen molar-refractivity contribution in [2.75, 3.05) is 4.90 Å². The van der Waals surface area contributed by atoms with E-state index >= 15 is 0 Å². The van der Waals surface area contributed by atoms with Crippen molar-refractivity contribution in [1.82, 2.24) is 0 Å². The van der Waals surface area contributed by atoms with Gasteiger partial charge in [-0.3, -0.25) is 0 Å². The van der Waals surface area contributed by atoms with Gasteiger partial charge in [-0.05, 0) is 47.4 Å². The molecule has 0 heterocycles. The molecule has 0 radical (unpaired) electrons. The maximum absolute atomic E-state index is 2.25. The van der Waals surface area contributed by atoms with E-state index in [2.05, 4.69) is 77.7 Å². The third kappa shape index (κ3) is 3.83. The minimum absolute atomic E-state index is 0. The van der Waals surface area contributed by atoms with Gasteiger partial charge in [0.1, 0.15) is 0 Å². The van der Waals surface area contributed by atoms with E-state index in [0.29, 0.717) is 0 Å². The molecule has 0 saturated heterocycles. The average Bonchev–Trinajstić information content (AvgIpc) is 2.51. The molecular formula is C19H23NSi. The summed E-state index contributed by atoms with van der Waals surface area (Å²) in [6, 6.07) is 31.3. The Hall–Kier alpha value is -2.32. The number of hydrogen-bond acceptors (Lipinski definition) is 1. The van der Waals surface area contributed by atoms with Crippen LogP contribution in [0.15, 0.2) is 91.0 Å². The fraction of sp³-hybridized carbons (Fsp3) is 0.0526. The van der Waals surface area contributed by atoms with E-state index in [4.69, 9.17) is 0 Å². The van der Waals surface area contributed by atoms with Gasteiger partial charge < -0.3 is 4.90 Å². The number of benzene rings is 3. The molecule has 0 unspecified atom stereocenters. The van der Waals surface area contributed by atoms with Gasteiger partial charge in [0.2, 0.25) is 0 Å². The van der Waals surface area contributed by atoms with Gasteiger partial charge in [-0.1, -0.05) is 62.0 Å². The van der Waals surface area contributed by atoms with Crippen molar-refractivity contribution in [3.05, 3.63) is 91.0 Å². The number of hydrogen-bond donors (Lipinski definition) is 0. The summed E-state index contributed by atoms with van der Waals surface area (Å²) in [6.45, 7) is 0. The minimum Gasteiger partial charge on any atom is -0.311 e. The molecule has 108 valence electrons. The molecule has 3 aromatic carbocycles. The Morgan fingerprint density at radius 1 is 0.429 bits per heavy atom. The fourth-order valence-corrected chi connectivity index (χ4v) is 2.18. The average molecular weight is 293 g/mol. The van der Waals surface area contributed by atoms with Crippen LogP contribution < -0.4 is 4.90 Å². The van der Waals surface area contributed by atoms with Crippen molar-refractivity contribution in [1.29, 1.82) is 0 Å². The fourth-order valence-electron chi connectivity index (χ4n) is 2.18. The van der Waals surface area contributed by atoms with E-state index in [0.717, 1.165) is 0 Å². The van der Waals surface area contributed by atoms with Crippen LogP contribution in [0.5, 0.6) is 0 Å². The second-order valence-electron chi connectivity index (χ2n) is 4.34. The van der Waals surface area contributed by atoms with Gasteiger partial charge in [0, 0.05) is 17.1 Å². The standard InChI is InChI=1S/C18H15N.CH4.H4Si/c1-4-10-16(11-5-1)19(17-12-6-2-7-13-17)18-14-8-3-9-15-18;;/h1-15H;2*1H4. The minimum atomic E-state index is 0. The highest BCUT2D eigenvalue weighted by Crippen LogP contribution is 2.33. The van der Waals surface area contributed by atoms with Crippen molar-refractivity contribution < 1.29 is 0 Å². The molecule has 0 amide bonds. The third-order valence-electron chi connectivity index (χ3n) is 3.04. The van der Waals surface area contributed by atoms with E-state index < -0.39 is 0 Å². The first-order chi connectivity index (χ1) is 9.45. The molecule has 0 aliphatic carbocycles. The first kappa shape index (κ1) is 16.7. The molecule has 0 atom stereocenters.